The number of ether oxygens (including phenoxy) is 1. The molecule has 0 aliphatic carbocycles. The summed E-state index contributed by atoms with van der Waals surface area (Å²) in [6.07, 6.45) is 2.01. The molecule has 1 amide bonds. The molecule has 0 spiro atoms. The van der Waals surface area contributed by atoms with Crippen molar-refractivity contribution >= 4 is 17.5 Å². The zero-order chi connectivity index (χ0) is 23.2. The summed E-state index contributed by atoms with van der Waals surface area (Å²) in [6, 6.07) is 11.2. The van der Waals surface area contributed by atoms with E-state index in [4.69, 9.17) is 4.74 Å². The number of hydrogen-bond acceptors (Lipinski definition) is 6. The molecule has 1 aromatic carbocycles. The van der Waals surface area contributed by atoms with Gasteiger partial charge in [-0.1, -0.05) is 6.07 Å². The number of carbonyl (C=O) groups is 1. The number of aromatic nitrogens is 3. The van der Waals surface area contributed by atoms with Crippen LogP contribution in [-0.2, 0) is 22.5 Å². The highest BCUT2D eigenvalue weighted by Crippen LogP contribution is 2.20. The number of H-pyrrole nitrogens is 1. The predicted molar refractivity (Wildman–Crippen MR) is 123 cm³/mol. The smallest absolute Gasteiger partial charge is 0.255 e. The predicted octanol–water partition coefficient (Wildman–Crippen LogP) is 2.62. The Morgan fingerprint density at radius 2 is 1.94 bits per heavy atom. The monoisotopic (exact) mass is 451 g/mol. The van der Waals surface area contributed by atoms with Crippen LogP contribution in [0.25, 0.3) is 0 Å². The number of morpholine rings is 1. The number of hydrogen-bond donors (Lipinski definition) is 1. The third-order valence-corrected chi connectivity index (χ3v) is 5.59. The summed E-state index contributed by atoms with van der Waals surface area (Å²) >= 11 is 0. The van der Waals surface area contributed by atoms with Gasteiger partial charge >= 0.3 is 0 Å². The van der Waals surface area contributed by atoms with Gasteiger partial charge in [-0.15, -0.1) is 0 Å². The van der Waals surface area contributed by atoms with Crippen molar-refractivity contribution in [3.05, 3.63) is 81.8 Å². The molecule has 3 aromatic rings. The zero-order valence-corrected chi connectivity index (χ0v) is 18.5. The molecule has 8 nitrogen and oxygen atoms in total. The summed E-state index contributed by atoms with van der Waals surface area (Å²) in [5.41, 5.74) is 2.12. The van der Waals surface area contributed by atoms with Crippen LogP contribution in [0.2, 0.25) is 0 Å². The van der Waals surface area contributed by atoms with Gasteiger partial charge in [0.1, 0.15) is 5.82 Å². The molecule has 1 fully saturated rings. The molecule has 1 saturated heterocycles. The third-order valence-electron chi connectivity index (χ3n) is 5.59. The molecule has 0 unspecified atom stereocenters. The van der Waals surface area contributed by atoms with Crippen LogP contribution in [0.1, 0.15) is 23.4 Å². The number of nitrogens with one attached hydrogen (secondary N) is 1. The van der Waals surface area contributed by atoms with Gasteiger partial charge in [-0.3, -0.25) is 19.6 Å². The Balaban J connectivity index is 1.51. The van der Waals surface area contributed by atoms with Gasteiger partial charge < -0.3 is 14.5 Å². The number of benzene rings is 1. The number of aryl methyl sites for hydroxylation is 1. The third kappa shape index (κ3) is 5.61. The van der Waals surface area contributed by atoms with Gasteiger partial charge in [-0.25, -0.2) is 9.37 Å². The topological polar surface area (TPSA) is 91.4 Å². The van der Waals surface area contributed by atoms with E-state index in [1.54, 1.807) is 36.2 Å². The standard InChI is InChI=1S/C24H26FN5O3/c1-17-21(23(32)28-24(27-17)29-12-14-33-15-13-29)9-10-22(31)30(16-19-4-2-3-11-26-19)20-7-5-18(25)6-8-20/h2-8,11H,9-10,12-16H2,1H3,(H,27,28,32). The summed E-state index contributed by atoms with van der Waals surface area (Å²) in [5, 5.41) is 0. The Bertz CT molecular complexity index is 1150. The highest BCUT2D eigenvalue weighted by molar-refractivity contribution is 5.93. The minimum Gasteiger partial charge on any atom is -0.378 e. The van der Waals surface area contributed by atoms with Crippen LogP contribution < -0.4 is 15.4 Å². The van der Waals surface area contributed by atoms with E-state index in [9.17, 15) is 14.0 Å². The van der Waals surface area contributed by atoms with Crippen molar-refractivity contribution in [1.29, 1.82) is 0 Å². The van der Waals surface area contributed by atoms with E-state index >= 15 is 0 Å². The number of nitrogens with zero attached hydrogens (tertiary/aromatic N) is 4. The van der Waals surface area contributed by atoms with Crippen LogP contribution in [0.15, 0.2) is 53.5 Å². The van der Waals surface area contributed by atoms with E-state index in [-0.39, 0.29) is 36.7 Å². The van der Waals surface area contributed by atoms with Gasteiger partial charge in [0.15, 0.2) is 0 Å². The second kappa shape index (κ2) is 10.4. The Labute approximate surface area is 191 Å². The highest BCUT2D eigenvalue weighted by Gasteiger charge is 2.20. The summed E-state index contributed by atoms with van der Waals surface area (Å²) in [5.74, 6) is -0.0418. The van der Waals surface area contributed by atoms with Crippen molar-refractivity contribution in [1.82, 2.24) is 15.0 Å². The summed E-state index contributed by atoms with van der Waals surface area (Å²) in [7, 11) is 0. The first-order valence-electron chi connectivity index (χ1n) is 10.9. The quantitative estimate of drug-likeness (QED) is 0.594. The van der Waals surface area contributed by atoms with E-state index < -0.39 is 0 Å². The number of pyridine rings is 1. The second-order valence-electron chi connectivity index (χ2n) is 7.83. The summed E-state index contributed by atoms with van der Waals surface area (Å²) in [6.45, 7) is 4.54. The molecule has 1 N–H and O–H groups in total. The summed E-state index contributed by atoms with van der Waals surface area (Å²) < 4.78 is 18.8. The number of rotatable bonds is 7. The average Bonchev–Trinajstić information content (AvgIpc) is 2.83. The molecule has 3 heterocycles. The van der Waals surface area contributed by atoms with E-state index in [1.807, 2.05) is 17.0 Å². The first kappa shape index (κ1) is 22.6. The number of aromatic amines is 1. The van der Waals surface area contributed by atoms with Gasteiger partial charge in [0, 0.05) is 42.7 Å². The van der Waals surface area contributed by atoms with Crippen molar-refractivity contribution in [2.24, 2.45) is 0 Å². The second-order valence-corrected chi connectivity index (χ2v) is 7.83. The SMILES string of the molecule is Cc1nc(N2CCOCC2)[nH]c(=O)c1CCC(=O)N(Cc1ccccn1)c1ccc(F)cc1. The molecule has 1 aliphatic rings. The number of anilines is 2. The first-order chi connectivity index (χ1) is 16.0. The van der Waals surface area contributed by atoms with Crippen molar-refractivity contribution in [3.63, 3.8) is 0 Å². The zero-order valence-electron chi connectivity index (χ0n) is 18.5. The molecule has 0 saturated carbocycles. The molecule has 172 valence electrons. The van der Waals surface area contributed by atoms with Gasteiger partial charge in [0.25, 0.3) is 5.56 Å². The number of amides is 1. The van der Waals surface area contributed by atoms with Crippen LogP contribution in [0, 0.1) is 12.7 Å². The Morgan fingerprint density at radius 3 is 2.61 bits per heavy atom. The number of carbonyl (C=O) groups excluding carboxylic acids is 1. The minimum atomic E-state index is -0.377. The van der Waals surface area contributed by atoms with Gasteiger partial charge in [-0.2, -0.15) is 0 Å². The van der Waals surface area contributed by atoms with Crippen molar-refractivity contribution in [2.75, 3.05) is 36.1 Å². The Morgan fingerprint density at radius 1 is 1.18 bits per heavy atom. The van der Waals surface area contributed by atoms with Gasteiger partial charge in [0.2, 0.25) is 11.9 Å². The lowest BCUT2D eigenvalue weighted by Gasteiger charge is -2.27. The maximum atomic E-state index is 13.4. The van der Waals surface area contributed by atoms with E-state index in [1.165, 1.54) is 12.1 Å². The molecule has 9 heteroatoms. The largest absolute Gasteiger partial charge is 0.378 e. The van der Waals surface area contributed by atoms with Crippen molar-refractivity contribution < 1.29 is 13.9 Å². The molecular weight excluding hydrogens is 425 g/mol. The van der Waals surface area contributed by atoms with Crippen LogP contribution in [0.4, 0.5) is 16.0 Å². The lowest BCUT2D eigenvalue weighted by atomic mass is 10.1. The molecule has 2 aromatic heterocycles. The fourth-order valence-electron chi connectivity index (χ4n) is 3.78. The Hall–Kier alpha value is -3.59. The minimum absolute atomic E-state index is 0.104. The fourth-order valence-corrected chi connectivity index (χ4v) is 3.78. The maximum Gasteiger partial charge on any atom is 0.255 e. The molecule has 0 radical (unpaired) electrons. The van der Waals surface area contributed by atoms with E-state index in [2.05, 4.69) is 15.0 Å². The highest BCUT2D eigenvalue weighted by atomic mass is 19.1. The van der Waals surface area contributed by atoms with Crippen LogP contribution >= 0.6 is 0 Å². The molecule has 33 heavy (non-hydrogen) atoms. The van der Waals surface area contributed by atoms with E-state index in [0.29, 0.717) is 54.9 Å². The molecular formula is C24H26FN5O3. The van der Waals surface area contributed by atoms with Crippen molar-refractivity contribution in [3.8, 4) is 0 Å². The molecule has 1 aliphatic heterocycles. The first-order valence-corrected chi connectivity index (χ1v) is 10.9. The molecule has 0 atom stereocenters. The lowest BCUT2D eigenvalue weighted by Crippen LogP contribution is -2.38. The number of halogens is 1. The van der Waals surface area contributed by atoms with Crippen LogP contribution in [-0.4, -0.2) is 47.2 Å². The maximum absolute atomic E-state index is 13.4. The fraction of sp³-hybridized carbons (Fsp3) is 0.333. The van der Waals surface area contributed by atoms with Crippen LogP contribution in [0.5, 0.6) is 0 Å². The molecule has 4 rings (SSSR count). The summed E-state index contributed by atoms with van der Waals surface area (Å²) in [4.78, 5) is 41.2. The van der Waals surface area contributed by atoms with Crippen LogP contribution in [0.3, 0.4) is 0 Å². The van der Waals surface area contributed by atoms with Gasteiger partial charge in [-0.05, 0) is 49.7 Å². The van der Waals surface area contributed by atoms with E-state index in [0.717, 1.165) is 0 Å². The van der Waals surface area contributed by atoms with Crippen molar-refractivity contribution in [2.45, 2.75) is 26.3 Å². The Kier molecular flexibility index (Phi) is 7.09. The average molecular weight is 452 g/mol. The molecule has 0 bridgehead atoms. The normalized spacial score (nSPS) is 13.7. The lowest BCUT2D eigenvalue weighted by molar-refractivity contribution is -0.118. The van der Waals surface area contributed by atoms with Gasteiger partial charge in [0.05, 0.1) is 25.5 Å².